The van der Waals surface area contributed by atoms with E-state index in [2.05, 4.69) is 10.3 Å². The van der Waals surface area contributed by atoms with Gasteiger partial charge in [-0.1, -0.05) is 36.4 Å². The van der Waals surface area contributed by atoms with Crippen LogP contribution in [0.25, 0.3) is 22.3 Å². The summed E-state index contributed by atoms with van der Waals surface area (Å²) in [6.45, 7) is -0.0684. The molecule has 4 aliphatic carbocycles. The molecule has 52 heavy (non-hydrogen) atoms. The number of carbonyl (C=O) groups is 2. The predicted molar refractivity (Wildman–Crippen MR) is 183 cm³/mol. The standard InChI is InChI=1S/C37H28N2O13/c1-50-21-13-20(40)23-24(28(21)41)30(43)26-25(29(23)42)32(45)37(33(26)46)9-8-16-10-17-11-18(38-34(47)22(17)31(44)27(16)37)12-19(35(48)51-2)39-36(49)52-14-15-6-4-3-5-7-15/h3-7,10-11,13,19,44-46H,8-9,12,14H2,1-2H3,(H,38,47)(H,39,49). The summed E-state index contributed by atoms with van der Waals surface area (Å²) in [5, 5.41) is 34.3. The first-order valence-electron chi connectivity index (χ1n) is 15.9. The minimum atomic E-state index is -2.06. The number of amides is 1. The van der Waals surface area contributed by atoms with E-state index in [1.165, 1.54) is 12.1 Å². The van der Waals surface area contributed by atoms with Crippen molar-refractivity contribution in [2.24, 2.45) is 0 Å². The number of aliphatic hydroxyl groups excluding tert-OH is 2. The third kappa shape index (κ3) is 4.84. The average molecular weight is 709 g/mol. The van der Waals surface area contributed by atoms with Gasteiger partial charge in [-0.15, -0.1) is 0 Å². The summed E-state index contributed by atoms with van der Waals surface area (Å²) in [6.07, 6.45) is -1.27. The number of hydrogen-bond donors (Lipinski definition) is 5. The molecule has 1 aromatic heterocycles. The summed E-state index contributed by atoms with van der Waals surface area (Å²) in [7, 11) is 2.22. The molecule has 264 valence electrons. The Kier molecular flexibility index (Phi) is 7.93. The van der Waals surface area contributed by atoms with E-state index in [9.17, 15) is 48.9 Å². The van der Waals surface area contributed by atoms with E-state index in [-0.39, 0.29) is 47.9 Å². The Morgan fingerprint density at radius 3 is 2.21 bits per heavy atom. The van der Waals surface area contributed by atoms with Crippen molar-refractivity contribution in [2.75, 3.05) is 14.2 Å². The number of benzene rings is 2. The highest BCUT2D eigenvalue weighted by Gasteiger charge is 2.53. The maximum absolute atomic E-state index is 13.7. The highest BCUT2D eigenvalue weighted by molar-refractivity contribution is 5.94. The van der Waals surface area contributed by atoms with E-state index in [1.54, 1.807) is 30.3 Å². The number of alkyl carbamates (subject to hydrolysis) is 1. The zero-order chi connectivity index (χ0) is 37.2. The summed E-state index contributed by atoms with van der Waals surface area (Å²) in [6, 6.07) is 11.3. The molecular formula is C37H28N2O13. The number of methoxy groups -OCH3 is 2. The number of aromatic hydroxyl groups is 1. The number of carbonyl (C=O) groups excluding carboxylic acids is 2. The van der Waals surface area contributed by atoms with Gasteiger partial charge in [-0.2, -0.15) is 0 Å². The number of H-pyrrole nitrogens is 1. The van der Waals surface area contributed by atoms with Crippen LogP contribution in [0.2, 0.25) is 0 Å². The molecule has 0 radical (unpaired) electrons. The molecule has 1 spiro atoms. The van der Waals surface area contributed by atoms with Crippen molar-refractivity contribution in [3.63, 3.8) is 0 Å². The van der Waals surface area contributed by atoms with Gasteiger partial charge in [0.25, 0.3) is 5.56 Å². The van der Waals surface area contributed by atoms with Gasteiger partial charge in [-0.3, -0.25) is 24.0 Å². The van der Waals surface area contributed by atoms with Crippen molar-refractivity contribution in [2.45, 2.75) is 37.3 Å². The Balaban J connectivity index is 1.32. The lowest BCUT2D eigenvalue weighted by atomic mass is 9.78. The Morgan fingerprint density at radius 2 is 1.56 bits per heavy atom. The monoisotopic (exact) mass is 708 g/mol. The molecule has 0 saturated heterocycles. The van der Waals surface area contributed by atoms with Crippen LogP contribution in [0, 0.1) is 10.4 Å². The number of pyridine rings is 1. The van der Waals surface area contributed by atoms with Crippen LogP contribution in [0.3, 0.4) is 0 Å². The number of fused-ring (bicyclic) bond motifs is 4. The summed E-state index contributed by atoms with van der Waals surface area (Å²) in [5.74, 6) is -3.63. The second-order valence-electron chi connectivity index (χ2n) is 12.5. The fraction of sp³-hybridized carbons (Fsp3) is 0.216. The van der Waals surface area contributed by atoms with Crippen molar-refractivity contribution in [1.82, 2.24) is 10.3 Å². The zero-order valence-corrected chi connectivity index (χ0v) is 27.4. The summed E-state index contributed by atoms with van der Waals surface area (Å²) < 4.78 is 14.9. The second-order valence-corrected chi connectivity index (χ2v) is 12.5. The SMILES string of the molecule is COC(=O)C(Cc1cc2cc3c(c(O)c2c(=O)[nH]1)C1(CC3)C(O)=c2c(=O)c3c(=O)cc(OC)c(=O)c=3c(=O)c2=C1O)NC(=O)OCc1ccccc1. The molecular weight excluding hydrogens is 680 g/mol. The summed E-state index contributed by atoms with van der Waals surface area (Å²) >= 11 is 0. The third-order valence-corrected chi connectivity index (χ3v) is 9.72. The number of phenolic OH excluding ortho intramolecular Hbond substituents is 1. The second kappa shape index (κ2) is 12.2. The fourth-order valence-corrected chi connectivity index (χ4v) is 7.38. The number of aliphatic hydroxyl groups is 2. The molecule has 1 amide bonds. The Morgan fingerprint density at radius 1 is 0.885 bits per heavy atom. The number of aryl methyl sites for hydroxylation is 1. The molecule has 0 aliphatic heterocycles. The smallest absolute Gasteiger partial charge is 0.408 e. The van der Waals surface area contributed by atoms with Crippen molar-refractivity contribution in [3.8, 4) is 11.5 Å². The number of esters is 1. The zero-order valence-electron chi connectivity index (χ0n) is 27.4. The van der Waals surface area contributed by atoms with Gasteiger partial charge in [-0.25, -0.2) is 9.59 Å². The van der Waals surface area contributed by atoms with Crippen LogP contribution < -0.4 is 47.8 Å². The van der Waals surface area contributed by atoms with Gasteiger partial charge in [0.15, 0.2) is 11.2 Å². The lowest BCUT2D eigenvalue weighted by Gasteiger charge is -2.27. The summed E-state index contributed by atoms with van der Waals surface area (Å²) in [5.41, 5.74) is -6.24. The molecule has 15 nitrogen and oxygen atoms in total. The number of phenols is 1. The van der Waals surface area contributed by atoms with E-state index < -0.39 is 94.7 Å². The lowest BCUT2D eigenvalue weighted by molar-refractivity contribution is -0.143. The fourth-order valence-electron chi connectivity index (χ4n) is 7.38. The molecule has 0 bridgehead atoms. The number of aromatic amines is 1. The Bertz CT molecular complexity index is 2860. The van der Waals surface area contributed by atoms with Gasteiger partial charge in [-0.05, 0) is 35.4 Å². The minimum absolute atomic E-state index is 0.0675. The quantitative estimate of drug-likeness (QED) is 0.135. The highest BCUT2D eigenvalue weighted by Crippen LogP contribution is 2.54. The highest BCUT2D eigenvalue weighted by atomic mass is 16.6. The predicted octanol–water partition coefficient (Wildman–Crippen LogP) is -0.476. The van der Waals surface area contributed by atoms with E-state index in [0.29, 0.717) is 11.1 Å². The molecule has 2 unspecified atom stereocenters. The first-order chi connectivity index (χ1) is 24.8. The number of ether oxygens (including phenoxy) is 3. The van der Waals surface area contributed by atoms with E-state index >= 15 is 0 Å². The molecule has 0 saturated carbocycles. The molecule has 0 fully saturated rings. The number of hydrogen-bond acceptors (Lipinski definition) is 13. The van der Waals surface area contributed by atoms with Gasteiger partial charge in [0, 0.05) is 23.7 Å². The molecule has 3 aromatic rings. The van der Waals surface area contributed by atoms with Crippen LogP contribution in [-0.2, 0) is 39.1 Å². The van der Waals surface area contributed by atoms with Crippen LogP contribution in [-0.4, -0.2) is 52.6 Å². The molecule has 5 N–H and O–H groups in total. The first kappa shape index (κ1) is 33.7. The van der Waals surface area contributed by atoms with Crippen molar-refractivity contribution in [1.29, 1.82) is 0 Å². The molecule has 2 aromatic carbocycles. The van der Waals surface area contributed by atoms with Crippen molar-refractivity contribution >= 4 is 34.4 Å². The molecule has 2 atom stereocenters. The average Bonchev–Trinajstić information content (AvgIpc) is 3.62. The molecule has 15 heteroatoms. The van der Waals surface area contributed by atoms with Crippen LogP contribution in [0.1, 0.15) is 28.8 Å². The Hall–Kier alpha value is -6.77. The maximum atomic E-state index is 13.7. The lowest BCUT2D eigenvalue weighted by Crippen LogP contribution is -2.51. The number of rotatable bonds is 7. The van der Waals surface area contributed by atoms with Crippen molar-refractivity contribution < 1.29 is 39.1 Å². The first-order valence-corrected chi connectivity index (χ1v) is 15.9. The van der Waals surface area contributed by atoms with E-state index in [4.69, 9.17) is 14.2 Å². The normalized spacial score (nSPS) is 16.6. The molecule has 4 aliphatic rings. The van der Waals surface area contributed by atoms with Gasteiger partial charge in [0.1, 0.15) is 35.3 Å². The van der Waals surface area contributed by atoms with Crippen LogP contribution in [0.4, 0.5) is 4.79 Å². The van der Waals surface area contributed by atoms with Crippen LogP contribution >= 0.6 is 0 Å². The molecule has 7 rings (SSSR count). The Labute approximate surface area is 289 Å². The van der Waals surface area contributed by atoms with Crippen molar-refractivity contribution in [3.05, 3.63) is 143 Å². The largest absolute Gasteiger partial charge is 0.510 e. The van der Waals surface area contributed by atoms with Gasteiger partial charge in [0.2, 0.25) is 16.3 Å². The van der Waals surface area contributed by atoms with Crippen LogP contribution in [0.15, 0.2) is 72.5 Å². The van der Waals surface area contributed by atoms with Gasteiger partial charge < -0.3 is 39.8 Å². The topological polar surface area (TPSA) is 236 Å². The third-order valence-electron chi connectivity index (χ3n) is 9.72. The number of nitrogens with one attached hydrogen (secondary N) is 2. The van der Waals surface area contributed by atoms with Gasteiger partial charge in [0.05, 0.1) is 40.5 Å². The molecule has 1 heterocycles. The summed E-state index contributed by atoms with van der Waals surface area (Å²) in [4.78, 5) is 94.5. The minimum Gasteiger partial charge on any atom is -0.510 e. The van der Waals surface area contributed by atoms with Crippen LogP contribution in [0.5, 0.6) is 11.5 Å². The number of aromatic nitrogens is 1. The van der Waals surface area contributed by atoms with E-state index in [1.807, 2.05) is 0 Å². The van der Waals surface area contributed by atoms with Gasteiger partial charge >= 0.3 is 12.1 Å². The van der Waals surface area contributed by atoms with E-state index in [0.717, 1.165) is 20.3 Å². The maximum Gasteiger partial charge on any atom is 0.408 e.